The molecule has 6 heteroatoms. The zero-order valence-electron chi connectivity index (χ0n) is 12.1. The Morgan fingerprint density at radius 2 is 2.00 bits per heavy atom. The molecule has 0 saturated carbocycles. The first kappa shape index (κ1) is 16.5. The van der Waals surface area contributed by atoms with Crippen LogP contribution in [0.3, 0.4) is 0 Å². The molecule has 0 unspecified atom stereocenters. The summed E-state index contributed by atoms with van der Waals surface area (Å²) in [5.74, 6) is -0.564. The number of hydrogen-bond acceptors (Lipinski definition) is 4. The van der Waals surface area contributed by atoms with Gasteiger partial charge in [-0.15, -0.1) is 0 Å². The van der Waals surface area contributed by atoms with Gasteiger partial charge in [0.2, 0.25) is 5.91 Å². The van der Waals surface area contributed by atoms with E-state index in [0.29, 0.717) is 23.7 Å². The van der Waals surface area contributed by atoms with Crippen LogP contribution in [0.15, 0.2) is 23.1 Å². The molecule has 20 heavy (non-hydrogen) atoms. The molecule has 5 nitrogen and oxygen atoms in total. The number of amides is 1. The van der Waals surface area contributed by atoms with Crippen LogP contribution < -0.4 is 11.1 Å². The van der Waals surface area contributed by atoms with Gasteiger partial charge in [0.25, 0.3) is 0 Å². The summed E-state index contributed by atoms with van der Waals surface area (Å²) in [6.07, 6.45) is 0.823. The van der Waals surface area contributed by atoms with Crippen molar-refractivity contribution >= 4 is 21.4 Å². The van der Waals surface area contributed by atoms with Gasteiger partial charge in [-0.1, -0.05) is 19.9 Å². The lowest BCUT2D eigenvalue weighted by atomic mass is 10.1. The predicted octanol–water partition coefficient (Wildman–Crippen LogP) is 1.51. The quantitative estimate of drug-likeness (QED) is 0.779. The molecule has 3 N–H and O–H groups in total. The number of nitrogens with one attached hydrogen (secondary N) is 1. The highest BCUT2D eigenvalue weighted by Crippen LogP contribution is 2.21. The summed E-state index contributed by atoms with van der Waals surface area (Å²) in [5.41, 5.74) is 6.59. The minimum atomic E-state index is -3.66. The molecular formula is C14H22N2O3S. The maximum Gasteiger partial charge on any atom is 0.235 e. The Morgan fingerprint density at radius 1 is 1.35 bits per heavy atom. The summed E-state index contributed by atoms with van der Waals surface area (Å²) in [6.45, 7) is 6.21. The number of nitrogens with two attached hydrogens (primary N) is 1. The van der Waals surface area contributed by atoms with Gasteiger partial charge in [-0.2, -0.15) is 0 Å². The van der Waals surface area contributed by atoms with Crippen molar-refractivity contribution in [3.05, 3.63) is 23.8 Å². The number of benzene rings is 1. The largest absolute Gasteiger partial charge is 0.398 e. The topological polar surface area (TPSA) is 89.3 Å². The molecule has 0 aliphatic rings. The number of anilines is 1. The van der Waals surface area contributed by atoms with Gasteiger partial charge in [0.15, 0.2) is 9.84 Å². The lowest BCUT2D eigenvalue weighted by molar-refractivity contribution is -0.118. The van der Waals surface area contributed by atoms with Crippen LogP contribution in [-0.2, 0) is 14.6 Å². The first-order chi connectivity index (χ1) is 9.24. The highest BCUT2D eigenvalue weighted by atomic mass is 32.2. The van der Waals surface area contributed by atoms with E-state index in [9.17, 15) is 13.2 Å². The van der Waals surface area contributed by atoms with Crippen molar-refractivity contribution < 1.29 is 13.2 Å². The smallest absolute Gasteiger partial charge is 0.235 e. The highest BCUT2D eigenvalue weighted by Gasteiger charge is 2.21. The van der Waals surface area contributed by atoms with Crippen LogP contribution in [0, 0.1) is 12.8 Å². The second-order valence-electron chi connectivity index (χ2n) is 5.26. The van der Waals surface area contributed by atoms with Gasteiger partial charge in [0.05, 0.1) is 4.90 Å². The summed E-state index contributed by atoms with van der Waals surface area (Å²) in [7, 11) is -3.66. The summed E-state index contributed by atoms with van der Waals surface area (Å²) in [6, 6.07) is 4.69. The number of rotatable bonds is 6. The maximum absolute atomic E-state index is 12.2. The third kappa shape index (κ3) is 4.52. The van der Waals surface area contributed by atoms with Crippen LogP contribution in [-0.4, -0.2) is 26.6 Å². The lowest BCUT2D eigenvalue weighted by Gasteiger charge is -2.10. The van der Waals surface area contributed by atoms with E-state index in [-0.39, 0.29) is 4.90 Å². The van der Waals surface area contributed by atoms with Gasteiger partial charge in [-0.3, -0.25) is 4.79 Å². The molecule has 0 heterocycles. The van der Waals surface area contributed by atoms with Crippen molar-refractivity contribution in [1.82, 2.24) is 5.32 Å². The Bertz CT molecular complexity index is 580. The zero-order valence-corrected chi connectivity index (χ0v) is 13.0. The molecule has 0 aliphatic heterocycles. The average Bonchev–Trinajstić information content (AvgIpc) is 2.31. The monoisotopic (exact) mass is 298 g/mol. The van der Waals surface area contributed by atoms with Gasteiger partial charge in [-0.25, -0.2) is 8.42 Å². The third-order valence-electron chi connectivity index (χ3n) is 3.03. The van der Waals surface area contributed by atoms with Crippen molar-refractivity contribution in [2.75, 3.05) is 18.0 Å². The van der Waals surface area contributed by atoms with E-state index in [4.69, 9.17) is 5.73 Å². The summed E-state index contributed by atoms with van der Waals surface area (Å²) < 4.78 is 24.4. The van der Waals surface area contributed by atoms with E-state index >= 15 is 0 Å². The average molecular weight is 298 g/mol. The SMILES string of the molecule is Cc1c(N)cccc1S(=O)(=O)CC(=O)NCCC(C)C. The van der Waals surface area contributed by atoms with Crippen LogP contribution in [0.4, 0.5) is 5.69 Å². The van der Waals surface area contributed by atoms with E-state index in [1.807, 2.05) is 13.8 Å². The van der Waals surface area contributed by atoms with Crippen molar-refractivity contribution in [2.45, 2.75) is 32.1 Å². The third-order valence-corrected chi connectivity index (χ3v) is 4.78. The summed E-state index contributed by atoms with van der Waals surface area (Å²) in [4.78, 5) is 11.8. The van der Waals surface area contributed by atoms with E-state index in [1.54, 1.807) is 19.1 Å². The molecular weight excluding hydrogens is 276 g/mol. The van der Waals surface area contributed by atoms with Crippen LogP contribution in [0.25, 0.3) is 0 Å². The van der Waals surface area contributed by atoms with Crippen LogP contribution in [0.1, 0.15) is 25.8 Å². The number of carbonyl (C=O) groups is 1. The Kier molecular flexibility index (Phi) is 5.56. The fraction of sp³-hybridized carbons (Fsp3) is 0.500. The van der Waals surface area contributed by atoms with E-state index < -0.39 is 21.5 Å². The molecule has 0 fully saturated rings. The van der Waals surface area contributed by atoms with Crippen LogP contribution >= 0.6 is 0 Å². The minimum absolute atomic E-state index is 0.122. The Hall–Kier alpha value is -1.56. The molecule has 112 valence electrons. The Labute approximate surface area is 120 Å². The number of hydrogen-bond donors (Lipinski definition) is 2. The normalized spacial score (nSPS) is 11.6. The van der Waals surface area contributed by atoms with E-state index in [1.165, 1.54) is 6.07 Å². The Morgan fingerprint density at radius 3 is 2.60 bits per heavy atom. The molecule has 1 rings (SSSR count). The highest BCUT2D eigenvalue weighted by molar-refractivity contribution is 7.92. The predicted molar refractivity (Wildman–Crippen MR) is 80.1 cm³/mol. The first-order valence-corrected chi connectivity index (χ1v) is 8.24. The summed E-state index contributed by atoms with van der Waals surface area (Å²) >= 11 is 0. The van der Waals surface area contributed by atoms with Crippen molar-refractivity contribution in [2.24, 2.45) is 5.92 Å². The number of nitrogen functional groups attached to an aromatic ring is 1. The molecule has 1 aromatic rings. The molecule has 0 saturated heterocycles. The molecule has 0 bridgehead atoms. The molecule has 0 aromatic heterocycles. The Balaban J connectivity index is 2.75. The van der Waals surface area contributed by atoms with E-state index in [0.717, 1.165) is 6.42 Å². The van der Waals surface area contributed by atoms with Crippen molar-refractivity contribution in [3.63, 3.8) is 0 Å². The molecule has 0 spiro atoms. The van der Waals surface area contributed by atoms with E-state index in [2.05, 4.69) is 5.32 Å². The summed E-state index contributed by atoms with van der Waals surface area (Å²) in [5, 5.41) is 2.62. The van der Waals surface area contributed by atoms with Gasteiger partial charge in [0, 0.05) is 12.2 Å². The molecule has 0 aliphatic carbocycles. The van der Waals surface area contributed by atoms with Crippen molar-refractivity contribution in [1.29, 1.82) is 0 Å². The second-order valence-corrected chi connectivity index (χ2v) is 7.22. The number of carbonyl (C=O) groups excluding carboxylic acids is 1. The fourth-order valence-corrected chi connectivity index (χ4v) is 3.24. The molecule has 1 aromatic carbocycles. The van der Waals surface area contributed by atoms with Gasteiger partial charge in [0.1, 0.15) is 5.75 Å². The van der Waals surface area contributed by atoms with Crippen LogP contribution in [0.2, 0.25) is 0 Å². The lowest BCUT2D eigenvalue weighted by Crippen LogP contribution is -2.31. The molecule has 1 amide bonds. The molecule has 0 atom stereocenters. The second kappa shape index (κ2) is 6.74. The first-order valence-electron chi connectivity index (χ1n) is 6.58. The van der Waals surface area contributed by atoms with Crippen LogP contribution in [0.5, 0.6) is 0 Å². The zero-order chi connectivity index (χ0) is 15.3. The number of sulfone groups is 1. The van der Waals surface area contributed by atoms with Gasteiger partial charge in [-0.05, 0) is 37.0 Å². The fourth-order valence-electron chi connectivity index (χ4n) is 1.77. The minimum Gasteiger partial charge on any atom is -0.398 e. The van der Waals surface area contributed by atoms with Gasteiger partial charge >= 0.3 is 0 Å². The standard InChI is InChI=1S/C14H22N2O3S/c1-10(2)7-8-16-14(17)9-20(18,19)13-6-4-5-12(15)11(13)3/h4-6,10H,7-9,15H2,1-3H3,(H,16,17). The maximum atomic E-state index is 12.2. The molecule has 0 radical (unpaired) electrons. The van der Waals surface area contributed by atoms with Crippen molar-refractivity contribution in [3.8, 4) is 0 Å². The van der Waals surface area contributed by atoms with Gasteiger partial charge < -0.3 is 11.1 Å².